The summed E-state index contributed by atoms with van der Waals surface area (Å²) in [5.41, 5.74) is 1.69. The Morgan fingerprint density at radius 2 is 1.96 bits per heavy atom. The van der Waals surface area contributed by atoms with Gasteiger partial charge >= 0.3 is 6.03 Å². The molecule has 2 rings (SSSR count). The zero-order valence-corrected chi connectivity index (χ0v) is 14.8. The van der Waals surface area contributed by atoms with E-state index in [1.54, 1.807) is 30.5 Å². The fraction of sp³-hybridized carbons (Fsp3) is 0.294. The van der Waals surface area contributed by atoms with Crippen LogP contribution in [0.5, 0.6) is 5.88 Å². The van der Waals surface area contributed by atoms with E-state index in [2.05, 4.69) is 15.6 Å². The molecule has 1 aromatic carbocycles. The van der Waals surface area contributed by atoms with E-state index in [0.717, 1.165) is 17.5 Å². The van der Waals surface area contributed by atoms with Gasteiger partial charge in [-0.3, -0.25) is 0 Å². The van der Waals surface area contributed by atoms with Crippen LogP contribution in [0.2, 0.25) is 10.0 Å². The van der Waals surface area contributed by atoms with Crippen molar-refractivity contribution in [3.8, 4) is 5.88 Å². The van der Waals surface area contributed by atoms with Gasteiger partial charge in [0, 0.05) is 35.4 Å². The summed E-state index contributed by atoms with van der Waals surface area (Å²) in [5, 5.41) is 6.59. The molecule has 0 bridgehead atoms. The maximum absolute atomic E-state index is 11.8. The first-order chi connectivity index (χ1) is 11.6. The Morgan fingerprint density at radius 3 is 2.62 bits per heavy atom. The van der Waals surface area contributed by atoms with E-state index in [0.29, 0.717) is 35.6 Å². The van der Waals surface area contributed by atoms with E-state index < -0.39 is 0 Å². The molecule has 0 aliphatic carbocycles. The third-order valence-electron chi connectivity index (χ3n) is 3.16. The van der Waals surface area contributed by atoms with Gasteiger partial charge in [-0.25, -0.2) is 9.78 Å². The molecule has 0 aliphatic rings. The fourth-order valence-electron chi connectivity index (χ4n) is 1.89. The van der Waals surface area contributed by atoms with Crippen molar-refractivity contribution in [1.82, 2.24) is 15.6 Å². The monoisotopic (exact) mass is 367 g/mol. The SMILES string of the molecule is CCCOc1ccc(CNC(=O)NCc2ccc(Cl)cc2Cl)cn1. The van der Waals surface area contributed by atoms with Crippen LogP contribution in [0.1, 0.15) is 24.5 Å². The number of nitrogens with one attached hydrogen (secondary N) is 2. The van der Waals surface area contributed by atoms with Gasteiger partial charge in [-0.1, -0.05) is 42.3 Å². The number of hydrogen-bond acceptors (Lipinski definition) is 3. The van der Waals surface area contributed by atoms with Crippen molar-refractivity contribution in [3.05, 3.63) is 57.7 Å². The molecule has 0 spiro atoms. The minimum absolute atomic E-state index is 0.285. The zero-order valence-electron chi connectivity index (χ0n) is 13.3. The number of carbonyl (C=O) groups excluding carboxylic acids is 1. The third-order valence-corrected chi connectivity index (χ3v) is 3.75. The number of pyridine rings is 1. The smallest absolute Gasteiger partial charge is 0.315 e. The molecule has 7 heteroatoms. The minimum Gasteiger partial charge on any atom is -0.478 e. The largest absolute Gasteiger partial charge is 0.478 e. The van der Waals surface area contributed by atoms with Crippen LogP contribution in [0.3, 0.4) is 0 Å². The van der Waals surface area contributed by atoms with Crippen LogP contribution in [0.25, 0.3) is 0 Å². The number of halogens is 2. The Kier molecular flexibility index (Phi) is 7.15. The molecule has 0 unspecified atom stereocenters. The molecule has 0 aliphatic heterocycles. The lowest BCUT2D eigenvalue weighted by Gasteiger charge is -2.09. The molecule has 0 atom stereocenters. The summed E-state index contributed by atoms with van der Waals surface area (Å²) >= 11 is 11.9. The van der Waals surface area contributed by atoms with Crippen molar-refractivity contribution in [2.24, 2.45) is 0 Å². The quantitative estimate of drug-likeness (QED) is 0.771. The molecular weight excluding hydrogens is 349 g/mol. The number of benzene rings is 1. The number of aromatic nitrogens is 1. The van der Waals surface area contributed by atoms with E-state index in [1.165, 1.54) is 0 Å². The maximum atomic E-state index is 11.8. The molecule has 1 heterocycles. The Hall–Kier alpha value is -1.98. The molecule has 0 radical (unpaired) electrons. The standard InChI is InChI=1S/C17H19Cl2N3O2/c1-2-7-24-16-6-3-12(9-20-16)10-21-17(23)22-11-13-4-5-14(18)8-15(13)19/h3-6,8-9H,2,7,10-11H2,1H3,(H2,21,22,23). The van der Waals surface area contributed by atoms with Gasteiger partial charge in [0.05, 0.1) is 6.61 Å². The molecule has 128 valence electrons. The molecule has 0 saturated carbocycles. The first-order valence-corrected chi connectivity index (χ1v) is 8.37. The number of ether oxygens (including phenoxy) is 1. The van der Waals surface area contributed by atoms with Crippen molar-refractivity contribution >= 4 is 29.2 Å². The van der Waals surface area contributed by atoms with Gasteiger partial charge in [0.25, 0.3) is 0 Å². The summed E-state index contributed by atoms with van der Waals surface area (Å²) in [6, 6.07) is 8.53. The number of carbonyl (C=O) groups is 1. The van der Waals surface area contributed by atoms with Crippen molar-refractivity contribution < 1.29 is 9.53 Å². The number of nitrogens with zero attached hydrogens (tertiary/aromatic N) is 1. The van der Waals surface area contributed by atoms with Crippen molar-refractivity contribution in [1.29, 1.82) is 0 Å². The third kappa shape index (κ3) is 5.91. The van der Waals surface area contributed by atoms with Gasteiger partial charge < -0.3 is 15.4 Å². The van der Waals surface area contributed by atoms with E-state index in [-0.39, 0.29) is 6.03 Å². The normalized spacial score (nSPS) is 10.3. The van der Waals surface area contributed by atoms with Crippen LogP contribution >= 0.6 is 23.2 Å². The van der Waals surface area contributed by atoms with E-state index in [9.17, 15) is 4.79 Å². The van der Waals surface area contributed by atoms with E-state index >= 15 is 0 Å². The first-order valence-electron chi connectivity index (χ1n) is 7.62. The first kappa shape index (κ1) is 18.4. The highest BCUT2D eigenvalue weighted by Crippen LogP contribution is 2.20. The molecule has 0 fully saturated rings. The van der Waals surface area contributed by atoms with Crippen molar-refractivity contribution in [2.45, 2.75) is 26.4 Å². The summed E-state index contributed by atoms with van der Waals surface area (Å²) < 4.78 is 5.41. The molecule has 2 N–H and O–H groups in total. The van der Waals surface area contributed by atoms with Gasteiger partial charge in [-0.05, 0) is 29.7 Å². The van der Waals surface area contributed by atoms with Gasteiger partial charge in [0.15, 0.2) is 0 Å². The van der Waals surface area contributed by atoms with Crippen molar-refractivity contribution in [3.63, 3.8) is 0 Å². The van der Waals surface area contributed by atoms with Gasteiger partial charge in [-0.2, -0.15) is 0 Å². The maximum Gasteiger partial charge on any atom is 0.315 e. The average molecular weight is 368 g/mol. The van der Waals surface area contributed by atoms with E-state index in [4.69, 9.17) is 27.9 Å². The number of amides is 2. The topological polar surface area (TPSA) is 63.2 Å². The highest BCUT2D eigenvalue weighted by molar-refractivity contribution is 6.35. The molecule has 5 nitrogen and oxygen atoms in total. The van der Waals surface area contributed by atoms with Crippen LogP contribution in [-0.2, 0) is 13.1 Å². The van der Waals surface area contributed by atoms with Crippen LogP contribution in [-0.4, -0.2) is 17.6 Å². The summed E-state index contributed by atoms with van der Waals surface area (Å²) in [7, 11) is 0. The van der Waals surface area contributed by atoms with E-state index in [1.807, 2.05) is 13.0 Å². The number of rotatable bonds is 7. The second-order valence-corrected chi connectivity index (χ2v) is 5.97. The van der Waals surface area contributed by atoms with Crippen LogP contribution in [0.15, 0.2) is 36.5 Å². The average Bonchev–Trinajstić information content (AvgIpc) is 2.58. The Bertz CT molecular complexity index is 678. The van der Waals surface area contributed by atoms with Crippen LogP contribution in [0, 0.1) is 0 Å². The molecule has 2 amide bonds. The molecule has 1 aromatic heterocycles. The highest BCUT2D eigenvalue weighted by Gasteiger charge is 2.05. The molecule has 24 heavy (non-hydrogen) atoms. The number of urea groups is 1. The molecular formula is C17H19Cl2N3O2. The Morgan fingerprint density at radius 1 is 1.17 bits per heavy atom. The second kappa shape index (κ2) is 9.35. The molecule has 0 saturated heterocycles. The predicted molar refractivity (Wildman–Crippen MR) is 95.6 cm³/mol. The number of hydrogen-bond donors (Lipinski definition) is 2. The van der Waals surface area contributed by atoms with Gasteiger partial charge in [0.1, 0.15) is 0 Å². The van der Waals surface area contributed by atoms with Crippen LogP contribution in [0.4, 0.5) is 4.79 Å². The fourth-order valence-corrected chi connectivity index (χ4v) is 2.37. The lowest BCUT2D eigenvalue weighted by atomic mass is 10.2. The zero-order chi connectivity index (χ0) is 17.4. The molecule has 2 aromatic rings. The summed E-state index contributed by atoms with van der Waals surface area (Å²) in [5.74, 6) is 0.586. The van der Waals surface area contributed by atoms with Crippen molar-refractivity contribution in [2.75, 3.05) is 6.61 Å². The summed E-state index contributed by atoms with van der Waals surface area (Å²) in [6.07, 6.45) is 2.62. The van der Waals surface area contributed by atoms with Crippen LogP contribution < -0.4 is 15.4 Å². The van der Waals surface area contributed by atoms with Gasteiger partial charge in [-0.15, -0.1) is 0 Å². The summed E-state index contributed by atoms with van der Waals surface area (Å²) in [4.78, 5) is 16.0. The Labute approximate surface area is 151 Å². The Balaban J connectivity index is 1.76. The van der Waals surface area contributed by atoms with Gasteiger partial charge in [0.2, 0.25) is 5.88 Å². The lowest BCUT2D eigenvalue weighted by Crippen LogP contribution is -2.34. The second-order valence-electron chi connectivity index (χ2n) is 5.13. The highest BCUT2D eigenvalue weighted by atomic mass is 35.5. The minimum atomic E-state index is -0.285. The lowest BCUT2D eigenvalue weighted by molar-refractivity contribution is 0.240. The predicted octanol–water partition coefficient (Wildman–Crippen LogP) is 4.18. The summed E-state index contributed by atoms with van der Waals surface area (Å²) in [6.45, 7) is 3.37.